The van der Waals surface area contributed by atoms with Crippen LogP contribution in [0.1, 0.15) is 38.0 Å². The van der Waals surface area contributed by atoms with E-state index in [0.717, 1.165) is 15.5 Å². The zero-order valence-electron chi connectivity index (χ0n) is 17.3. The van der Waals surface area contributed by atoms with E-state index in [1.807, 2.05) is 24.3 Å². The highest BCUT2D eigenvalue weighted by Crippen LogP contribution is 2.31. The average molecular weight is 447 g/mol. The van der Waals surface area contributed by atoms with Crippen LogP contribution in [0.25, 0.3) is 0 Å². The first kappa shape index (κ1) is 22.3. The molecule has 0 atom stereocenters. The van der Waals surface area contributed by atoms with Gasteiger partial charge in [-0.05, 0) is 17.7 Å². The Kier molecular flexibility index (Phi) is 7.52. The molecule has 3 rings (SSSR count). The molecule has 1 amide bonds. The third-order valence-electron chi connectivity index (χ3n) is 4.01. The fraction of sp³-hybridized carbons (Fsp3) is 0.381. The van der Waals surface area contributed by atoms with Gasteiger partial charge in [-0.3, -0.25) is 4.79 Å². The second-order valence-corrected chi connectivity index (χ2v) is 9.96. The zero-order valence-corrected chi connectivity index (χ0v) is 18.9. The van der Waals surface area contributed by atoms with Crippen LogP contribution in [0.3, 0.4) is 0 Å². The summed E-state index contributed by atoms with van der Waals surface area (Å²) in [4.78, 5) is 21.0. The molecule has 30 heavy (non-hydrogen) atoms. The van der Waals surface area contributed by atoms with Gasteiger partial charge in [0.1, 0.15) is 18.1 Å². The van der Waals surface area contributed by atoms with Crippen molar-refractivity contribution in [2.24, 2.45) is 5.73 Å². The number of amides is 1. The molecule has 0 aliphatic heterocycles. The molecular weight excluding hydrogens is 420 g/mol. The molecule has 2 heterocycles. The van der Waals surface area contributed by atoms with Crippen molar-refractivity contribution < 1.29 is 13.9 Å². The zero-order chi connectivity index (χ0) is 21.6. The van der Waals surface area contributed by atoms with Crippen molar-refractivity contribution in [1.82, 2.24) is 9.97 Å². The van der Waals surface area contributed by atoms with Crippen molar-refractivity contribution in [2.45, 2.75) is 42.6 Å². The number of ether oxygens (including phenoxy) is 1. The van der Waals surface area contributed by atoms with E-state index >= 15 is 0 Å². The van der Waals surface area contributed by atoms with Crippen LogP contribution in [0.2, 0.25) is 0 Å². The van der Waals surface area contributed by atoms with Gasteiger partial charge in [-0.1, -0.05) is 44.2 Å². The normalized spacial score (nSPS) is 11.5. The molecule has 3 N–H and O–H groups in total. The first-order valence-electron chi connectivity index (χ1n) is 9.59. The summed E-state index contributed by atoms with van der Waals surface area (Å²) < 4.78 is 12.3. The fourth-order valence-corrected chi connectivity index (χ4v) is 4.25. The standard InChI is InChI=1S/C21H26N4O3S2/c1-21(2,3)16-11-23-18(28-16)13-29-19-12-24-20(30-19)25-17(26)10-14-5-4-6-15(9-14)27-8-7-22/h4-6,9,11-12H,7-8,10,13,22H2,1-3H3,(H,24,25,26). The number of anilines is 1. The maximum absolute atomic E-state index is 12.4. The molecular formula is C21H26N4O3S2. The van der Waals surface area contributed by atoms with E-state index in [-0.39, 0.29) is 17.7 Å². The van der Waals surface area contributed by atoms with Gasteiger partial charge in [0.25, 0.3) is 0 Å². The van der Waals surface area contributed by atoms with Crippen LogP contribution in [0.4, 0.5) is 5.13 Å². The summed E-state index contributed by atoms with van der Waals surface area (Å²) in [5.74, 6) is 2.74. The maximum Gasteiger partial charge on any atom is 0.230 e. The Morgan fingerprint density at radius 3 is 2.87 bits per heavy atom. The topological polar surface area (TPSA) is 103 Å². The molecule has 1 aromatic carbocycles. The Labute approximate surface area is 184 Å². The van der Waals surface area contributed by atoms with Gasteiger partial charge >= 0.3 is 0 Å². The van der Waals surface area contributed by atoms with Gasteiger partial charge in [-0.2, -0.15) is 0 Å². The van der Waals surface area contributed by atoms with Crippen molar-refractivity contribution in [2.75, 3.05) is 18.5 Å². The number of rotatable bonds is 9. The third-order valence-corrected chi connectivity index (χ3v) is 6.10. The number of carbonyl (C=O) groups is 1. The Morgan fingerprint density at radius 2 is 2.13 bits per heavy atom. The number of hydrogen-bond acceptors (Lipinski definition) is 8. The molecule has 0 unspecified atom stereocenters. The van der Waals surface area contributed by atoms with Gasteiger partial charge in [0.15, 0.2) is 5.13 Å². The molecule has 0 saturated heterocycles. The summed E-state index contributed by atoms with van der Waals surface area (Å²) in [7, 11) is 0. The highest BCUT2D eigenvalue weighted by molar-refractivity contribution is 8.00. The first-order valence-corrected chi connectivity index (χ1v) is 11.4. The number of carbonyl (C=O) groups excluding carboxylic acids is 1. The Morgan fingerprint density at radius 1 is 1.30 bits per heavy atom. The molecule has 0 radical (unpaired) electrons. The molecule has 0 bridgehead atoms. The van der Waals surface area contributed by atoms with Crippen molar-refractivity contribution in [3.63, 3.8) is 0 Å². The Balaban J connectivity index is 1.50. The molecule has 0 aliphatic carbocycles. The summed E-state index contributed by atoms with van der Waals surface area (Å²) in [6, 6.07) is 7.45. The largest absolute Gasteiger partial charge is 0.492 e. The average Bonchev–Trinajstić information content (AvgIpc) is 3.34. The van der Waals surface area contributed by atoms with E-state index in [4.69, 9.17) is 14.9 Å². The van der Waals surface area contributed by atoms with E-state index in [0.29, 0.717) is 35.7 Å². The SMILES string of the molecule is CC(C)(C)c1cnc(CSc2cnc(NC(=O)Cc3cccc(OCCN)c3)s2)o1. The third kappa shape index (κ3) is 6.58. The fourth-order valence-electron chi connectivity index (χ4n) is 2.51. The lowest BCUT2D eigenvalue weighted by Gasteiger charge is -2.12. The second-order valence-electron chi connectivity index (χ2n) is 7.65. The Hall–Kier alpha value is -2.36. The number of hydrogen-bond donors (Lipinski definition) is 2. The summed E-state index contributed by atoms with van der Waals surface area (Å²) in [6.07, 6.45) is 3.78. The molecule has 0 fully saturated rings. The summed E-state index contributed by atoms with van der Waals surface area (Å²) in [6.45, 7) is 7.16. The number of nitrogens with one attached hydrogen (secondary N) is 1. The van der Waals surface area contributed by atoms with Crippen molar-refractivity contribution in [1.29, 1.82) is 0 Å². The summed E-state index contributed by atoms with van der Waals surface area (Å²) in [5.41, 5.74) is 6.26. The van der Waals surface area contributed by atoms with Crippen LogP contribution in [0.15, 0.2) is 45.3 Å². The monoisotopic (exact) mass is 446 g/mol. The summed E-state index contributed by atoms with van der Waals surface area (Å²) in [5, 5.41) is 3.42. The van der Waals surface area contributed by atoms with Crippen molar-refractivity contribution in [3.8, 4) is 5.75 Å². The molecule has 160 valence electrons. The minimum Gasteiger partial charge on any atom is -0.492 e. The second kappa shape index (κ2) is 10.1. The first-order chi connectivity index (χ1) is 14.3. The number of oxazole rings is 1. The lowest BCUT2D eigenvalue weighted by Crippen LogP contribution is -2.14. The number of nitrogens with zero attached hydrogens (tertiary/aromatic N) is 2. The lowest BCUT2D eigenvalue weighted by atomic mass is 9.94. The molecule has 0 saturated carbocycles. The number of benzene rings is 1. The molecule has 2 aromatic heterocycles. The Bertz CT molecular complexity index is 979. The summed E-state index contributed by atoms with van der Waals surface area (Å²) >= 11 is 3.01. The van der Waals surface area contributed by atoms with E-state index in [1.165, 1.54) is 11.3 Å². The van der Waals surface area contributed by atoms with Gasteiger partial charge in [0.05, 0.1) is 28.8 Å². The number of nitrogens with two attached hydrogens (primary N) is 1. The van der Waals surface area contributed by atoms with E-state index in [1.54, 1.807) is 24.2 Å². The van der Waals surface area contributed by atoms with Crippen LogP contribution in [-0.2, 0) is 22.4 Å². The highest BCUT2D eigenvalue weighted by atomic mass is 32.2. The van der Waals surface area contributed by atoms with Crippen molar-refractivity contribution >= 4 is 34.1 Å². The predicted molar refractivity (Wildman–Crippen MR) is 120 cm³/mol. The van der Waals surface area contributed by atoms with Crippen LogP contribution < -0.4 is 15.8 Å². The van der Waals surface area contributed by atoms with Gasteiger partial charge < -0.3 is 20.2 Å². The van der Waals surface area contributed by atoms with Crippen LogP contribution in [-0.4, -0.2) is 29.0 Å². The number of thioether (sulfide) groups is 1. The van der Waals surface area contributed by atoms with Gasteiger partial charge in [0, 0.05) is 12.0 Å². The van der Waals surface area contributed by atoms with Crippen LogP contribution >= 0.6 is 23.1 Å². The molecule has 3 aromatic rings. The predicted octanol–water partition coefficient (Wildman–Crippen LogP) is 4.24. The molecule has 7 nitrogen and oxygen atoms in total. The number of aromatic nitrogens is 2. The number of thiazole rings is 1. The maximum atomic E-state index is 12.4. The quantitative estimate of drug-likeness (QED) is 0.474. The highest BCUT2D eigenvalue weighted by Gasteiger charge is 2.19. The van der Waals surface area contributed by atoms with E-state index < -0.39 is 0 Å². The minimum absolute atomic E-state index is 0.0616. The molecule has 0 aliphatic rings. The van der Waals surface area contributed by atoms with Crippen molar-refractivity contribution in [3.05, 3.63) is 53.9 Å². The smallest absolute Gasteiger partial charge is 0.230 e. The van der Waals surface area contributed by atoms with E-state index in [2.05, 4.69) is 36.1 Å². The van der Waals surface area contributed by atoms with Gasteiger partial charge in [-0.15, -0.1) is 11.8 Å². The van der Waals surface area contributed by atoms with E-state index in [9.17, 15) is 4.79 Å². The van der Waals surface area contributed by atoms with Crippen LogP contribution in [0, 0.1) is 0 Å². The molecule has 9 heteroatoms. The lowest BCUT2D eigenvalue weighted by molar-refractivity contribution is -0.115. The van der Waals surface area contributed by atoms with Gasteiger partial charge in [0.2, 0.25) is 11.8 Å². The van der Waals surface area contributed by atoms with Gasteiger partial charge in [-0.25, -0.2) is 9.97 Å². The minimum atomic E-state index is -0.126. The van der Waals surface area contributed by atoms with Crippen LogP contribution in [0.5, 0.6) is 5.75 Å². The molecule has 0 spiro atoms.